The van der Waals surface area contributed by atoms with Crippen molar-refractivity contribution in [2.45, 2.75) is 78.1 Å². The van der Waals surface area contributed by atoms with Crippen LogP contribution in [0.15, 0.2) is 107 Å². The van der Waals surface area contributed by atoms with Crippen molar-refractivity contribution in [3.63, 3.8) is 0 Å². The first-order valence-electron chi connectivity index (χ1n) is 17.6. The van der Waals surface area contributed by atoms with Crippen LogP contribution >= 0.6 is 8.25 Å². The van der Waals surface area contributed by atoms with Gasteiger partial charge in [-0.2, -0.15) is 10.2 Å². The molecule has 0 radical (unpaired) electrons. The molecule has 250 valence electrons. The average molecular weight is 663 g/mol. The Morgan fingerprint density at radius 1 is 0.604 bits per heavy atom. The third kappa shape index (κ3) is 8.56. The summed E-state index contributed by atoms with van der Waals surface area (Å²) in [6.07, 6.45) is 10.7. The fourth-order valence-electron chi connectivity index (χ4n) is 6.24. The minimum atomic E-state index is -2.97. The van der Waals surface area contributed by atoms with Gasteiger partial charge in [-0.25, -0.2) is 4.57 Å². The van der Waals surface area contributed by atoms with Crippen LogP contribution in [0.3, 0.4) is 0 Å². The number of unbranched alkanes of at least 4 members (excludes halogenated alkanes) is 2. The molecule has 2 aliphatic rings. The largest absolute Gasteiger partial charge is 0.419 e. The van der Waals surface area contributed by atoms with Gasteiger partial charge in [0, 0.05) is 13.1 Å². The third-order valence-electron chi connectivity index (χ3n) is 8.94. The molecule has 0 aromatic heterocycles. The predicted octanol–water partition coefficient (Wildman–Crippen LogP) is 10.2. The molecule has 8 heteroatoms. The summed E-state index contributed by atoms with van der Waals surface area (Å²) in [4.78, 5) is 0. The molecule has 0 N–H and O–H groups in total. The molecule has 2 aliphatic heterocycles. The molecule has 0 fully saturated rings. The Morgan fingerprint density at radius 3 is 1.44 bits per heavy atom. The zero-order valence-corrected chi connectivity index (χ0v) is 29.2. The van der Waals surface area contributed by atoms with Crippen LogP contribution in [0.4, 0.5) is 11.4 Å². The van der Waals surface area contributed by atoms with Crippen molar-refractivity contribution in [2.75, 3.05) is 23.1 Å². The fourth-order valence-corrected chi connectivity index (χ4v) is 6.99. The van der Waals surface area contributed by atoms with E-state index in [4.69, 9.17) is 19.3 Å². The van der Waals surface area contributed by atoms with Crippen LogP contribution in [-0.4, -0.2) is 24.5 Å². The third-order valence-corrected chi connectivity index (χ3v) is 9.71. The van der Waals surface area contributed by atoms with Crippen LogP contribution in [-0.2, 0) is 17.4 Å². The normalized spacial score (nSPS) is 14.9. The van der Waals surface area contributed by atoms with E-state index in [1.165, 1.54) is 36.8 Å². The van der Waals surface area contributed by atoms with Crippen molar-refractivity contribution in [3.8, 4) is 11.5 Å². The van der Waals surface area contributed by atoms with E-state index in [0.717, 1.165) is 85.5 Å². The van der Waals surface area contributed by atoms with E-state index in [0.29, 0.717) is 11.5 Å². The first-order chi connectivity index (χ1) is 23.6. The summed E-state index contributed by atoms with van der Waals surface area (Å²) in [6, 6.07) is 32.8. The first kappa shape index (κ1) is 33.5. The highest BCUT2D eigenvalue weighted by Gasteiger charge is 2.22. The first-order valence-corrected chi connectivity index (χ1v) is 18.8. The van der Waals surface area contributed by atoms with Crippen LogP contribution in [0.5, 0.6) is 11.5 Å². The standard InChI is InChI=1S/C40H47N4O3P/c1-3-5-13-31-21-25-33(26-22-31)35-15-11-29-43(41-35)37-17-7-9-19-39(37)46-48(45)47-40-20-10-8-18-38(40)44-30-12-16-36(42-44)34-27-23-32(24-28-34)14-6-4-2/h7-10,17-28,48H,3-6,11-16,29-30H2,1-2H3. The number of hydrogen-bond acceptors (Lipinski definition) is 7. The highest BCUT2D eigenvalue weighted by Crippen LogP contribution is 2.41. The Bertz CT molecular complexity index is 1610. The number of aryl methyl sites for hydroxylation is 2. The molecule has 0 spiro atoms. The van der Waals surface area contributed by atoms with Gasteiger partial charge in [0.15, 0.2) is 11.5 Å². The quantitative estimate of drug-likeness (QED) is 0.126. The van der Waals surface area contributed by atoms with Gasteiger partial charge in [-0.1, -0.05) is 99.5 Å². The van der Waals surface area contributed by atoms with Crippen LogP contribution in [0.1, 0.15) is 87.5 Å². The molecule has 0 aliphatic carbocycles. The molecule has 0 unspecified atom stereocenters. The summed E-state index contributed by atoms with van der Waals surface area (Å²) >= 11 is 0. The summed E-state index contributed by atoms with van der Waals surface area (Å²) in [6.45, 7) is 5.94. The number of para-hydroxylation sites is 4. The number of benzene rings is 4. The number of anilines is 2. The number of hydrazone groups is 2. The molecular weight excluding hydrogens is 615 g/mol. The number of hydrogen-bond donors (Lipinski definition) is 0. The lowest BCUT2D eigenvalue weighted by molar-refractivity contribution is 0.415. The topological polar surface area (TPSA) is 66.7 Å². The van der Waals surface area contributed by atoms with Gasteiger partial charge in [0.1, 0.15) is 11.4 Å². The van der Waals surface area contributed by atoms with Crippen LogP contribution in [0.25, 0.3) is 0 Å². The van der Waals surface area contributed by atoms with Crippen LogP contribution in [0, 0.1) is 0 Å². The van der Waals surface area contributed by atoms with Gasteiger partial charge in [0.25, 0.3) is 0 Å². The maximum absolute atomic E-state index is 13.5. The Kier molecular flexibility index (Phi) is 11.6. The average Bonchev–Trinajstić information content (AvgIpc) is 3.14. The Labute approximate surface area is 286 Å². The van der Waals surface area contributed by atoms with Crippen molar-refractivity contribution in [1.29, 1.82) is 0 Å². The second-order valence-electron chi connectivity index (χ2n) is 12.5. The van der Waals surface area contributed by atoms with Gasteiger partial charge >= 0.3 is 8.25 Å². The van der Waals surface area contributed by atoms with Crippen LogP contribution < -0.4 is 19.1 Å². The minimum absolute atomic E-state index is 0.486. The molecule has 48 heavy (non-hydrogen) atoms. The maximum Gasteiger partial charge on any atom is 0.419 e. The van der Waals surface area contributed by atoms with Crippen molar-refractivity contribution in [2.24, 2.45) is 10.2 Å². The number of nitrogens with zero attached hydrogens (tertiary/aromatic N) is 4. The molecule has 4 aromatic rings. The lowest BCUT2D eigenvalue weighted by Crippen LogP contribution is -2.26. The second-order valence-corrected chi connectivity index (χ2v) is 13.4. The van der Waals surface area contributed by atoms with E-state index in [1.807, 2.05) is 58.5 Å². The molecule has 0 saturated carbocycles. The SMILES string of the molecule is CCCCc1ccc(C2=NN(c3ccccc3O[PH](=O)Oc3ccccc3N3CCCC(c4ccc(CCCC)cc4)=N3)CCC2)cc1. The van der Waals surface area contributed by atoms with E-state index in [2.05, 4.69) is 62.4 Å². The van der Waals surface area contributed by atoms with E-state index in [1.54, 1.807) is 0 Å². The Hall–Kier alpha value is -4.35. The van der Waals surface area contributed by atoms with Crippen molar-refractivity contribution < 1.29 is 13.6 Å². The number of rotatable bonds is 14. The molecule has 0 amide bonds. The smallest absolute Gasteiger partial charge is 0.416 e. The van der Waals surface area contributed by atoms with E-state index < -0.39 is 8.25 Å². The Balaban J connectivity index is 1.15. The monoisotopic (exact) mass is 662 g/mol. The highest BCUT2D eigenvalue weighted by atomic mass is 31.1. The zero-order valence-electron chi connectivity index (χ0n) is 28.2. The zero-order chi connectivity index (χ0) is 33.1. The molecule has 7 nitrogen and oxygen atoms in total. The molecule has 0 saturated heterocycles. The van der Waals surface area contributed by atoms with E-state index in [9.17, 15) is 4.57 Å². The highest BCUT2D eigenvalue weighted by molar-refractivity contribution is 7.34. The summed E-state index contributed by atoms with van der Waals surface area (Å²) < 4.78 is 25.5. The maximum atomic E-state index is 13.5. The van der Waals surface area contributed by atoms with E-state index >= 15 is 0 Å². The van der Waals surface area contributed by atoms with Gasteiger partial charge in [-0.05, 0) is 97.9 Å². The molecule has 4 aromatic carbocycles. The van der Waals surface area contributed by atoms with Gasteiger partial charge in [-0.3, -0.25) is 10.0 Å². The van der Waals surface area contributed by atoms with Gasteiger partial charge in [0.2, 0.25) is 0 Å². The predicted molar refractivity (Wildman–Crippen MR) is 199 cm³/mol. The Morgan fingerprint density at radius 2 is 1.02 bits per heavy atom. The fraction of sp³-hybridized carbons (Fsp3) is 0.350. The van der Waals surface area contributed by atoms with Crippen molar-refractivity contribution in [1.82, 2.24) is 0 Å². The summed E-state index contributed by atoms with van der Waals surface area (Å²) in [5, 5.41) is 13.9. The lowest BCUT2D eigenvalue weighted by atomic mass is 10.0. The molecule has 0 atom stereocenters. The van der Waals surface area contributed by atoms with Gasteiger partial charge < -0.3 is 9.05 Å². The van der Waals surface area contributed by atoms with Crippen LogP contribution in [0.2, 0.25) is 0 Å². The molecular formula is C40H47N4O3P. The van der Waals surface area contributed by atoms with Crippen molar-refractivity contribution >= 4 is 31.1 Å². The van der Waals surface area contributed by atoms with Gasteiger partial charge in [0.05, 0.1) is 11.4 Å². The van der Waals surface area contributed by atoms with Crippen molar-refractivity contribution in [3.05, 3.63) is 119 Å². The summed E-state index contributed by atoms with van der Waals surface area (Å²) in [5.41, 5.74) is 8.64. The minimum Gasteiger partial charge on any atom is -0.416 e. The second kappa shape index (κ2) is 16.7. The van der Waals surface area contributed by atoms with E-state index in [-0.39, 0.29) is 0 Å². The summed E-state index contributed by atoms with van der Waals surface area (Å²) in [5.74, 6) is 0.971. The lowest BCUT2D eigenvalue weighted by Gasteiger charge is -2.28. The van der Waals surface area contributed by atoms with Gasteiger partial charge in [-0.15, -0.1) is 0 Å². The molecule has 0 bridgehead atoms. The summed E-state index contributed by atoms with van der Waals surface area (Å²) in [7, 11) is -2.97. The molecule has 2 heterocycles. The molecule has 6 rings (SSSR count).